The van der Waals surface area contributed by atoms with Crippen molar-refractivity contribution in [2.24, 2.45) is 0 Å². The quantitative estimate of drug-likeness (QED) is 0.611. The molecule has 4 rings (SSSR count). The molecule has 0 unspecified atom stereocenters. The maximum atomic E-state index is 13.2. The van der Waals surface area contributed by atoms with E-state index in [1.54, 1.807) is 4.90 Å². The highest BCUT2D eigenvalue weighted by Gasteiger charge is 2.39. The second kappa shape index (κ2) is 7.61. The van der Waals surface area contributed by atoms with Crippen molar-refractivity contribution in [3.63, 3.8) is 0 Å². The number of nitrogens with one attached hydrogen (secondary N) is 1. The molecule has 2 N–H and O–H groups in total. The summed E-state index contributed by atoms with van der Waals surface area (Å²) in [6.07, 6.45) is -7.83. The van der Waals surface area contributed by atoms with Gasteiger partial charge in [0.05, 0.1) is 35.3 Å². The summed E-state index contributed by atoms with van der Waals surface area (Å²) in [7, 11) is 0. The molecule has 1 aromatic heterocycles. The van der Waals surface area contributed by atoms with Gasteiger partial charge in [-0.05, 0) is 43.7 Å². The normalized spacial score (nSPS) is 22.3. The Hall–Kier alpha value is -1.98. The zero-order chi connectivity index (χ0) is 21.7. The van der Waals surface area contributed by atoms with Gasteiger partial charge < -0.3 is 15.3 Å². The highest BCUT2D eigenvalue weighted by atomic mass is 32.2. The first-order chi connectivity index (χ1) is 14.1. The molecule has 162 valence electrons. The molecule has 2 aromatic rings. The van der Waals surface area contributed by atoms with Gasteiger partial charge >= 0.3 is 12.4 Å². The highest BCUT2D eigenvalue weighted by molar-refractivity contribution is 7.99. The summed E-state index contributed by atoms with van der Waals surface area (Å²) < 4.78 is 79.1. The van der Waals surface area contributed by atoms with Crippen LogP contribution in [0.3, 0.4) is 0 Å². The summed E-state index contributed by atoms with van der Waals surface area (Å²) in [5.74, 6) is 0. The fourth-order valence-corrected chi connectivity index (χ4v) is 4.86. The molecule has 30 heavy (non-hydrogen) atoms. The Balaban J connectivity index is 1.86. The fourth-order valence-electron chi connectivity index (χ4n) is 3.74. The van der Waals surface area contributed by atoms with E-state index in [0.717, 1.165) is 36.2 Å². The minimum Gasteiger partial charge on any atom is -0.390 e. The molecule has 11 heteroatoms. The van der Waals surface area contributed by atoms with Crippen molar-refractivity contribution in [2.75, 3.05) is 18.0 Å². The van der Waals surface area contributed by atoms with Gasteiger partial charge in [-0.2, -0.15) is 26.3 Å². The van der Waals surface area contributed by atoms with Crippen molar-refractivity contribution >= 4 is 23.1 Å². The topological polar surface area (TPSA) is 48.4 Å². The zero-order valence-electron chi connectivity index (χ0n) is 15.4. The molecule has 1 saturated heterocycles. The molecular weight excluding hydrogens is 432 g/mol. The Morgan fingerprint density at radius 1 is 1.03 bits per heavy atom. The molecule has 0 spiro atoms. The van der Waals surface area contributed by atoms with Gasteiger partial charge in [0.25, 0.3) is 0 Å². The van der Waals surface area contributed by atoms with Gasteiger partial charge in [-0.3, -0.25) is 0 Å². The van der Waals surface area contributed by atoms with Crippen LogP contribution >= 0.6 is 11.8 Å². The lowest BCUT2D eigenvalue weighted by atomic mass is 10.0. The number of fused-ring (bicyclic) bond motifs is 2. The zero-order valence-corrected chi connectivity index (χ0v) is 16.2. The highest BCUT2D eigenvalue weighted by Crippen LogP contribution is 2.51. The van der Waals surface area contributed by atoms with Gasteiger partial charge in [0, 0.05) is 16.3 Å². The largest absolute Gasteiger partial charge is 0.433 e. The van der Waals surface area contributed by atoms with E-state index in [2.05, 4.69) is 10.3 Å². The molecule has 0 amide bonds. The molecule has 2 aliphatic rings. The number of hydrogen-bond donors (Lipinski definition) is 2. The third-order valence-corrected chi connectivity index (χ3v) is 6.24. The number of anilines is 2. The van der Waals surface area contributed by atoms with Crippen molar-refractivity contribution < 1.29 is 31.4 Å². The van der Waals surface area contributed by atoms with Crippen LogP contribution in [0.2, 0.25) is 0 Å². The smallest absolute Gasteiger partial charge is 0.390 e. The summed E-state index contributed by atoms with van der Waals surface area (Å²) in [5.41, 5.74) is -1.25. The van der Waals surface area contributed by atoms with Crippen LogP contribution in [0.25, 0.3) is 0 Å². The summed E-state index contributed by atoms with van der Waals surface area (Å²) in [4.78, 5) is 5.49. The molecule has 4 nitrogen and oxygen atoms in total. The number of alkyl halides is 6. The average Bonchev–Trinajstić information content (AvgIpc) is 2.88. The number of benzene rings is 1. The van der Waals surface area contributed by atoms with E-state index in [4.69, 9.17) is 0 Å². The van der Waals surface area contributed by atoms with Gasteiger partial charge in [0.15, 0.2) is 0 Å². The van der Waals surface area contributed by atoms with Crippen LogP contribution in [-0.4, -0.2) is 35.3 Å². The molecule has 3 heterocycles. The van der Waals surface area contributed by atoms with Crippen molar-refractivity contribution in [3.05, 3.63) is 41.7 Å². The minimum atomic E-state index is -4.68. The number of aliphatic hydroxyl groups excluding tert-OH is 1. The molecule has 0 saturated carbocycles. The van der Waals surface area contributed by atoms with E-state index < -0.39 is 35.8 Å². The molecular formula is C19H17F6N3OS. The number of pyridine rings is 1. The van der Waals surface area contributed by atoms with Crippen molar-refractivity contribution in [1.29, 1.82) is 0 Å². The third kappa shape index (κ3) is 3.97. The number of β-amino-alcohol motifs (C(OH)–C–C–N with tert-alkyl or cyclic N) is 1. The van der Waals surface area contributed by atoms with E-state index >= 15 is 0 Å². The van der Waals surface area contributed by atoms with Crippen LogP contribution < -0.4 is 10.2 Å². The van der Waals surface area contributed by atoms with E-state index in [1.165, 1.54) is 6.07 Å². The van der Waals surface area contributed by atoms with Crippen LogP contribution in [0.1, 0.15) is 24.1 Å². The Morgan fingerprint density at radius 3 is 2.47 bits per heavy atom. The molecule has 0 aliphatic carbocycles. The SMILES string of the molecule is O[C@H]1CNCCC[C@@H]1N1c2ccc(C(F)(F)F)cc2Sc2cc(C(F)(F)F)ncc21. The van der Waals surface area contributed by atoms with Crippen LogP contribution in [0, 0.1) is 0 Å². The summed E-state index contributed by atoms with van der Waals surface area (Å²) in [6.45, 7) is 0.932. The van der Waals surface area contributed by atoms with E-state index in [9.17, 15) is 31.4 Å². The first-order valence-electron chi connectivity index (χ1n) is 9.20. The summed E-state index contributed by atoms with van der Waals surface area (Å²) in [5, 5.41) is 13.7. The molecule has 1 aromatic carbocycles. The molecule has 1 fully saturated rings. The molecule has 0 radical (unpaired) electrons. The third-order valence-electron chi connectivity index (χ3n) is 5.15. The van der Waals surface area contributed by atoms with Gasteiger partial charge in [-0.1, -0.05) is 11.8 Å². The Kier molecular flexibility index (Phi) is 5.39. The van der Waals surface area contributed by atoms with Gasteiger partial charge in [-0.25, -0.2) is 4.98 Å². The average molecular weight is 449 g/mol. The number of rotatable bonds is 1. The van der Waals surface area contributed by atoms with Crippen LogP contribution in [0.15, 0.2) is 40.3 Å². The Labute approximate surface area is 172 Å². The van der Waals surface area contributed by atoms with E-state index in [0.29, 0.717) is 30.8 Å². The van der Waals surface area contributed by atoms with Crippen molar-refractivity contribution in [2.45, 2.75) is 47.1 Å². The van der Waals surface area contributed by atoms with Gasteiger partial charge in [0.2, 0.25) is 0 Å². The van der Waals surface area contributed by atoms with Gasteiger partial charge in [0.1, 0.15) is 5.69 Å². The Morgan fingerprint density at radius 2 is 1.77 bits per heavy atom. The van der Waals surface area contributed by atoms with E-state index in [1.807, 2.05) is 0 Å². The number of hydrogen-bond acceptors (Lipinski definition) is 5. The fraction of sp³-hybridized carbons (Fsp3) is 0.421. The Bertz CT molecular complexity index is 885. The lowest BCUT2D eigenvalue weighted by molar-refractivity contribution is -0.141. The number of nitrogens with zero attached hydrogens (tertiary/aromatic N) is 2. The first kappa shape index (κ1) is 21.3. The predicted octanol–water partition coefficient (Wildman–Crippen LogP) is 4.83. The summed E-state index contributed by atoms with van der Waals surface area (Å²) >= 11 is 0.838. The monoisotopic (exact) mass is 449 g/mol. The van der Waals surface area contributed by atoms with E-state index in [-0.39, 0.29) is 16.3 Å². The molecule has 2 aliphatic heterocycles. The van der Waals surface area contributed by atoms with Crippen LogP contribution in [0.4, 0.5) is 37.7 Å². The maximum absolute atomic E-state index is 13.2. The van der Waals surface area contributed by atoms with Crippen molar-refractivity contribution in [3.8, 4) is 0 Å². The van der Waals surface area contributed by atoms with Crippen LogP contribution in [-0.2, 0) is 12.4 Å². The second-order valence-corrected chi connectivity index (χ2v) is 8.25. The maximum Gasteiger partial charge on any atom is 0.433 e. The minimum absolute atomic E-state index is 0.147. The lowest BCUT2D eigenvalue weighted by Crippen LogP contribution is -2.44. The second-order valence-electron chi connectivity index (χ2n) is 7.17. The molecule has 0 bridgehead atoms. The van der Waals surface area contributed by atoms with Gasteiger partial charge in [-0.15, -0.1) is 0 Å². The number of aromatic nitrogens is 1. The standard InChI is InChI=1S/C19H17F6N3OS/c20-18(21,22)10-3-4-12-15(6-10)30-16-7-17(19(23,24)25)27-8-13(16)28(12)11-2-1-5-26-9-14(11)29/h3-4,6-8,11,14,26,29H,1-2,5,9H2/t11-,14-/m0/s1. The van der Waals surface area contributed by atoms with Crippen LogP contribution in [0.5, 0.6) is 0 Å². The predicted molar refractivity (Wildman–Crippen MR) is 98.8 cm³/mol. The number of aliphatic hydroxyl groups is 1. The summed E-state index contributed by atoms with van der Waals surface area (Å²) in [6, 6.07) is 3.50. The first-order valence-corrected chi connectivity index (χ1v) is 10.0. The van der Waals surface area contributed by atoms with Crippen molar-refractivity contribution in [1.82, 2.24) is 10.3 Å². The lowest BCUT2D eigenvalue weighted by Gasteiger charge is -2.40. The molecule has 2 atom stereocenters. The number of halogens is 6.